The van der Waals surface area contributed by atoms with Gasteiger partial charge in [0.15, 0.2) is 9.84 Å². The van der Waals surface area contributed by atoms with E-state index in [4.69, 9.17) is 17.3 Å². The highest BCUT2D eigenvalue weighted by molar-refractivity contribution is 7.91. The Labute approximate surface area is 130 Å². The van der Waals surface area contributed by atoms with Gasteiger partial charge >= 0.3 is 0 Å². The van der Waals surface area contributed by atoms with Gasteiger partial charge in [-0.25, -0.2) is 8.42 Å². The van der Waals surface area contributed by atoms with Crippen molar-refractivity contribution in [3.63, 3.8) is 0 Å². The largest absolute Gasteiger partial charge is 0.350 e. The van der Waals surface area contributed by atoms with Gasteiger partial charge in [-0.05, 0) is 7.05 Å². The maximum atomic E-state index is 12.1. The molecule has 0 aromatic carbocycles. The molecule has 0 aromatic heterocycles. The van der Waals surface area contributed by atoms with Crippen molar-refractivity contribution in [2.45, 2.75) is 17.5 Å². The number of carbonyl (C=O) groups is 1. The molecular formula is C12H23ClN4O3S. The second-order valence-corrected chi connectivity index (χ2v) is 8.60. The first kappa shape index (κ1) is 17.0. The second-order valence-electron chi connectivity index (χ2n) is 5.89. The third-order valence-electron chi connectivity index (χ3n) is 4.06. The molecule has 0 radical (unpaired) electrons. The van der Waals surface area contributed by atoms with E-state index in [-0.39, 0.29) is 30.0 Å². The summed E-state index contributed by atoms with van der Waals surface area (Å²) < 4.78 is 23.0. The van der Waals surface area contributed by atoms with E-state index in [0.29, 0.717) is 6.54 Å². The van der Waals surface area contributed by atoms with E-state index in [9.17, 15) is 13.2 Å². The monoisotopic (exact) mass is 338 g/mol. The lowest BCUT2D eigenvalue weighted by molar-refractivity contribution is -0.123. The Balaban J connectivity index is 1.87. The number of hydrogen-bond acceptors (Lipinski definition) is 6. The molecule has 1 amide bonds. The number of sulfone groups is 1. The average molecular weight is 339 g/mol. The molecule has 0 bridgehead atoms. The highest BCUT2D eigenvalue weighted by atomic mass is 35.5. The SMILES string of the molecule is CN1CCN(CC(=O)NC2CS(=O)(=O)CC2Cl)C(CN)C1. The lowest BCUT2D eigenvalue weighted by atomic mass is 10.1. The van der Waals surface area contributed by atoms with Crippen LogP contribution in [0.3, 0.4) is 0 Å². The molecule has 2 fully saturated rings. The van der Waals surface area contributed by atoms with Gasteiger partial charge in [-0.3, -0.25) is 9.69 Å². The van der Waals surface area contributed by atoms with Gasteiger partial charge in [-0.15, -0.1) is 11.6 Å². The third-order valence-corrected chi connectivity index (χ3v) is 6.43. The van der Waals surface area contributed by atoms with Crippen LogP contribution in [0.4, 0.5) is 0 Å². The maximum Gasteiger partial charge on any atom is 0.234 e. The summed E-state index contributed by atoms with van der Waals surface area (Å²) in [6, 6.07) is -0.346. The minimum atomic E-state index is -3.13. The molecule has 21 heavy (non-hydrogen) atoms. The van der Waals surface area contributed by atoms with Crippen molar-refractivity contribution in [2.75, 3.05) is 51.3 Å². The summed E-state index contributed by atoms with van der Waals surface area (Å²) in [4.78, 5) is 16.3. The predicted molar refractivity (Wildman–Crippen MR) is 82.1 cm³/mol. The van der Waals surface area contributed by atoms with Crippen LogP contribution in [0, 0.1) is 0 Å². The number of nitrogens with two attached hydrogens (primary N) is 1. The quantitative estimate of drug-likeness (QED) is 0.580. The summed E-state index contributed by atoms with van der Waals surface area (Å²) in [6.07, 6.45) is 0. The summed E-state index contributed by atoms with van der Waals surface area (Å²) in [5.41, 5.74) is 5.75. The molecular weight excluding hydrogens is 316 g/mol. The van der Waals surface area contributed by atoms with E-state index in [2.05, 4.69) is 10.2 Å². The van der Waals surface area contributed by atoms with Crippen molar-refractivity contribution in [3.8, 4) is 0 Å². The van der Waals surface area contributed by atoms with Crippen molar-refractivity contribution in [1.82, 2.24) is 15.1 Å². The summed E-state index contributed by atoms with van der Waals surface area (Å²) in [6.45, 7) is 3.22. The molecule has 122 valence electrons. The van der Waals surface area contributed by atoms with Crippen LogP contribution >= 0.6 is 11.6 Å². The standard InChI is InChI=1S/C12H23ClN4O3S/c1-16-2-3-17(9(4-14)5-16)6-12(18)15-11-8-21(19,20)7-10(11)13/h9-11H,2-8,14H2,1H3,(H,15,18). The van der Waals surface area contributed by atoms with Crippen LogP contribution in [0.1, 0.15) is 0 Å². The number of piperazine rings is 1. The normalized spacial score (nSPS) is 34.0. The lowest BCUT2D eigenvalue weighted by Gasteiger charge is -2.39. The Bertz CT molecular complexity index is 487. The summed E-state index contributed by atoms with van der Waals surface area (Å²) in [7, 11) is -1.10. The highest BCUT2D eigenvalue weighted by Crippen LogP contribution is 2.18. The van der Waals surface area contributed by atoms with Crippen LogP contribution in [0.2, 0.25) is 0 Å². The van der Waals surface area contributed by atoms with Gasteiger partial charge in [0.25, 0.3) is 0 Å². The van der Waals surface area contributed by atoms with Gasteiger partial charge < -0.3 is 16.0 Å². The predicted octanol–water partition coefficient (Wildman–Crippen LogP) is -1.92. The van der Waals surface area contributed by atoms with Gasteiger partial charge in [-0.1, -0.05) is 0 Å². The Kier molecular flexibility index (Phi) is 5.48. The molecule has 3 atom stereocenters. The van der Waals surface area contributed by atoms with Crippen molar-refractivity contribution in [1.29, 1.82) is 0 Å². The van der Waals surface area contributed by atoms with Crippen LogP contribution in [0.5, 0.6) is 0 Å². The molecule has 7 nitrogen and oxygen atoms in total. The topological polar surface area (TPSA) is 95.7 Å². The van der Waals surface area contributed by atoms with Crippen molar-refractivity contribution in [3.05, 3.63) is 0 Å². The molecule has 2 aliphatic rings. The summed E-state index contributed by atoms with van der Waals surface area (Å²) in [5, 5.41) is 2.20. The van der Waals surface area contributed by atoms with E-state index in [1.807, 2.05) is 11.9 Å². The van der Waals surface area contributed by atoms with E-state index >= 15 is 0 Å². The zero-order valence-electron chi connectivity index (χ0n) is 12.2. The molecule has 9 heteroatoms. The van der Waals surface area contributed by atoms with Crippen LogP contribution < -0.4 is 11.1 Å². The Morgan fingerprint density at radius 1 is 1.38 bits per heavy atom. The van der Waals surface area contributed by atoms with E-state index < -0.39 is 21.3 Å². The van der Waals surface area contributed by atoms with Gasteiger partial charge in [0.05, 0.1) is 29.5 Å². The molecule has 2 heterocycles. The first-order valence-corrected chi connectivity index (χ1v) is 9.33. The van der Waals surface area contributed by atoms with Crippen molar-refractivity contribution in [2.24, 2.45) is 5.73 Å². The molecule has 0 aromatic rings. The number of likely N-dealkylation sites (N-methyl/N-ethyl adjacent to an activating group) is 1. The second kappa shape index (κ2) is 6.78. The summed E-state index contributed by atoms with van der Waals surface area (Å²) >= 11 is 5.99. The number of alkyl halides is 1. The molecule has 0 saturated carbocycles. The summed E-state index contributed by atoms with van der Waals surface area (Å²) in [5.74, 6) is -0.333. The van der Waals surface area contributed by atoms with Gasteiger partial charge in [0, 0.05) is 32.2 Å². The van der Waals surface area contributed by atoms with Crippen LogP contribution in [0.15, 0.2) is 0 Å². The first-order valence-electron chi connectivity index (χ1n) is 7.07. The van der Waals surface area contributed by atoms with Crippen LogP contribution in [-0.4, -0.2) is 92.9 Å². The highest BCUT2D eigenvalue weighted by Gasteiger charge is 2.37. The number of halogens is 1. The zero-order valence-corrected chi connectivity index (χ0v) is 13.7. The minimum absolute atomic E-state index is 0.0700. The fourth-order valence-corrected chi connectivity index (χ4v) is 5.40. The average Bonchev–Trinajstić information content (AvgIpc) is 2.64. The molecule has 3 N–H and O–H groups in total. The first-order chi connectivity index (χ1) is 9.80. The van der Waals surface area contributed by atoms with E-state index in [0.717, 1.165) is 19.6 Å². The smallest absolute Gasteiger partial charge is 0.234 e. The Hall–Kier alpha value is -0.410. The van der Waals surface area contributed by atoms with Gasteiger partial charge in [-0.2, -0.15) is 0 Å². The Morgan fingerprint density at radius 2 is 2.10 bits per heavy atom. The van der Waals surface area contributed by atoms with Crippen LogP contribution in [0.25, 0.3) is 0 Å². The number of amides is 1. The van der Waals surface area contributed by atoms with Gasteiger partial charge in [0.1, 0.15) is 0 Å². The minimum Gasteiger partial charge on any atom is -0.350 e. The number of carbonyl (C=O) groups excluding carboxylic acids is 1. The van der Waals surface area contributed by atoms with Crippen LogP contribution in [-0.2, 0) is 14.6 Å². The number of rotatable bonds is 4. The fourth-order valence-electron chi connectivity index (χ4n) is 2.85. The van der Waals surface area contributed by atoms with Gasteiger partial charge in [0.2, 0.25) is 5.91 Å². The third kappa shape index (κ3) is 4.53. The maximum absolute atomic E-state index is 12.1. The lowest BCUT2D eigenvalue weighted by Crippen LogP contribution is -2.57. The molecule has 0 spiro atoms. The molecule has 2 aliphatic heterocycles. The molecule has 3 unspecified atom stereocenters. The fraction of sp³-hybridized carbons (Fsp3) is 0.917. The Morgan fingerprint density at radius 3 is 2.67 bits per heavy atom. The molecule has 2 saturated heterocycles. The zero-order chi connectivity index (χ0) is 15.6. The number of nitrogens with zero attached hydrogens (tertiary/aromatic N) is 2. The van der Waals surface area contributed by atoms with Crippen molar-refractivity contribution >= 4 is 27.3 Å². The molecule has 0 aliphatic carbocycles. The van der Waals surface area contributed by atoms with E-state index in [1.54, 1.807) is 0 Å². The number of nitrogens with one attached hydrogen (secondary N) is 1. The number of hydrogen-bond donors (Lipinski definition) is 2. The van der Waals surface area contributed by atoms with Crippen molar-refractivity contribution < 1.29 is 13.2 Å². The molecule has 2 rings (SSSR count). The van der Waals surface area contributed by atoms with E-state index in [1.165, 1.54) is 0 Å².